The van der Waals surface area contributed by atoms with Gasteiger partial charge < -0.3 is 10.1 Å². The molecular weight excluding hydrogens is 384 g/mol. The molecule has 1 N–H and O–H groups in total. The fourth-order valence-corrected chi connectivity index (χ4v) is 2.93. The summed E-state index contributed by atoms with van der Waals surface area (Å²) in [5.74, 6) is -2.13. The molecule has 1 aliphatic heterocycles. The third-order valence-electron chi connectivity index (χ3n) is 4.13. The number of benzene rings is 2. The number of anilines is 1. The number of halogens is 1. The molecule has 0 aliphatic carbocycles. The van der Waals surface area contributed by atoms with Gasteiger partial charge in [0.15, 0.2) is 6.61 Å². The monoisotopic (exact) mass is 400 g/mol. The van der Waals surface area contributed by atoms with Gasteiger partial charge in [0.1, 0.15) is 0 Å². The molecule has 3 rings (SSSR count). The number of amides is 3. The Hall–Kier alpha value is -3.19. The van der Waals surface area contributed by atoms with E-state index in [0.29, 0.717) is 10.7 Å². The second-order valence-electron chi connectivity index (χ2n) is 6.47. The Kier molecular flexibility index (Phi) is 5.46. The van der Waals surface area contributed by atoms with Gasteiger partial charge in [0.05, 0.1) is 16.7 Å². The maximum absolute atomic E-state index is 12.4. The van der Waals surface area contributed by atoms with Gasteiger partial charge in [-0.15, -0.1) is 0 Å². The van der Waals surface area contributed by atoms with E-state index in [4.69, 9.17) is 16.3 Å². The van der Waals surface area contributed by atoms with Crippen molar-refractivity contribution in [3.05, 3.63) is 64.2 Å². The van der Waals surface area contributed by atoms with Crippen molar-refractivity contribution in [3.63, 3.8) is 0 Å². The maximum atomic E-state index is 12.4. The van der Waals surface area contributed by atoms with Crippen LogP contribution in [-0.4, -0.2) is 41.2 Å². The normalized spacial score (nSPS) is 12.9. The van der Waals surface area contributed by atoms with Gasteiger partial charge in [-0.2, -0.15) is 0 Å². The van der Waals surface area contributed by atoms with Gasteiger partial charge >= 0.3 is 5.97 Å². The standard InChI is InChI=1S/C20H17ClN2O5/c1-11(2)23-18(25)15-8-3-12(9-16(15)19(23)26)20(27)28-10-17(24)22-14-6-4-13(21)5-7-14/h3-9,11H,10H2,1-2H3,(H,22,24). The smallest absolute Gasteiger partial charge is 0.338 e. The van der Waals surface area contributed by atoms with E-state index in [1.54, 1.807) is 38.1 Å². The van der Waals surface area contributed by atoms with Gasteiger partial charge in [0.2, 0.25) is 0 Å². The summed E-state index contributed by atoms with van der Waals surface area (Å²) in [6.07, 6.45) is 0. The van der Waals surface area contributed by atoms with Crippen LogP contribution in [-0.2, 0) is 9.53 Å². The number of ether oxygens (including phenoxy) is 1. The van der Waals surface area contributed by atoms with Crippen molar-refractivity contribution < 1.29 is 23.9 Å². The lowest BCUT2D eigenvalue weighted by Gasteiger charge is -2.17. The Labute approximate surface area is 166 Å². The third-order valence-corrected chi connectivity index (χ3v) is 4.38. The van der Waals surface area contributed by atoms with Crippen LogP contribution in [0.2, 0.25) is 5.02 Å². The molecule has 0 saturated carbocycles. The van der Waals surface area contributed by atoms with E-state index in [0.717, 1.165) is 4.90 Å². The van der Waals surface area contributed by atoms with Crippen molar-refractivity contribution in [1.82, 2.24) is 4.90 Å². The molecule has 28 heavy (non-hydrogen) atoms. The van der Waals surface area contributed by atoms with Gasteiger partial charge in [-0.25, -0.2) is 4.79 Å². The predicted molar refractivity (Wildman–Crippen MR) is 102 cm³/mol. The summed E-state index contributed by atoms with van der Waals surface area (Å²) < 4.78 is 5.00. The van der Waals surface area contributed by atoms with Crippen molar-refractivity contribution in [2.24, 2.45) is 0 Å². The summed E-state index contributed by atoms with van der Waals surface area (Å²) in [4.78, 5) is 49.9. The van der Waals surface area contributed by atoms with Crippen LogP contribution in [0.5, 0.6) is 0 Å². The number of hydrogen-bond acceptors (Lipinski definition) is 5. The highest BCUT2D eigenvalue weighted by atomic mass is 35.5. The van der Waals surface area contributed by atoms with Gasteiger partial charge in [-0.3, -0.25) is 19.3 Å². The molecule has 1 aliphatic rings. The molecule has 144 valence electrons. The van der Waals surface area contributed by atoms with E-state index in [-0.39, 0.29) is 22.7 Å². The molecule has 0 aromatic heterocycles. The minimum absolute atomic E-state index is 0.0878. The largest absolute Gasteiger partial charge is 0.452 e. The number of rotatable bonds is 5. The molecule has 2 aromatic rings. The molecule has 7 nitrogen and oxygen atoms in total. The van der Waals surface area contributed by atoms with Crippen LogP contribution in [0.15, 0.2) is 42.5 Å². The summed E-state index contributed by atoms with van der Waals surface area (Å²) >= 11 is 5.77. The fraction of sp³-hybridized carbons (Fsp3) is 0.200. The number of fused-ring (bicyclic) bond motifs is 1. The van der Waals surface area contributed by atoms with Crippen LogP contribution in [0.4, 0.5) is 5.69 Å². The molecular formula is C20H17ClN2O5. The van der Waals surface area contributed by atoms with E-state index in [1.165, 1.54) is 18.2 Å². The van der Waals surface area contributed by atoms with Crippen LogP contribution in [0, 0.1) is 0 Å². The second-order valence-corrected chi connectivity index (χ2v) is 6.90. The Balaban J connectivity index is 1.64. The lowest BCUT2D eigenvalue weighted by atomic mass is 10.1. The van der Waals surface area contributed by atoms with E-state index >= 15 is 0 Å². The first-order valence-electron chi connectivity index (χ1n) is 8.52. The Morgan fingerprint density at radius 2 is 1.68 bits per heavy atom. The molecule has 0 saturated heterocycles. The lowest BCUT2D eigenvalue weighted by molar-refractivity contribution is -0.119. The lowest BCUT2D eigenvalue weighted by Crippen LogP contribution is -2.35. The van der Waals surface area contributed by atoms with E-state index < -0.39 is 30.3 Å². The first-order chi connectivity index (χ1) is 13.3. The number of imide groups is 1. The van der Waals surface area contributed by atoms with E-state index in [2.05, 4.69) is 5.32 Å². The molecule has 0 radical (unpaired) electrons. The van der Waals surface area contributed by atoms with Gasteiger partial charge in [0, 0.05) is 16.8 Å². The van der Waals surface area contributed by atoms with E-state index in [9.17, 15) is 19.2 Å². The number of nitrogens with zero attached hydrogens (tertiary/aromatic N) is 1. The second kappa shape index (κ2) is 7.82. The Morgan fingerprint density at radius 1 is 1.04 bits per heavy atom. The molecule has 0 spiro atoms. The van der Waals surface area contributed by atoms with Crippen molar-refractivity contribution in [2.45, 2.75) is 19.9 Å². The van der Waals surface area contributed by atoms with Crippen LogP contribution < -0.4 is 5.32 Å². The van der Waals surface area contributed by atoms with Crippen molar-refractivity contribution in [1.29, 1.82) is 0 Å². The number of carbonyl (C=O) groups excluding carboxylic acids is 4. The number of nitrogens with one attached hydrogen (secondary N) is 1. The fourth-order valence-electron chi connectivity index (χ4n) is 2.80. The third kappa shape index (κ3) is 3.89. The average Bonchev–Trinajstić information content (AvgIpc) is 2.92. The zero-order valence-electron chi connectivity index (χ0n) is 15.2. The van der Waals surface area contributed by atoms with Crippen LogP contribution in [0.3, 0.4) is 0 Å². The Morgan fingerprint density at radius 3 is 2.32 bits per heavy atom. The first kappa shape index (κ1) is 19.6. The number of hydrogen-bond donors (Lipinski definition) is 1. The van der Waals surface area contributed by atoms with Gasteiger partial charge in [0.25, 0.3) is 17.7 Å². The molecule has 8 heteroatoms. The van der Waals surface area contributed by atoms with Crippen molar-refractivity contribution in [2.75, 3.05) is 11.9 Å². The molecule has 0 fully saturated rings. The predicted octanol–water partition coefficient (Wildman–Crippen LogP) is 3.14. The average molecular weight is 401 g/mol. The summed E-state index contributed by atoms with van der Waals surface area (Å²) in [7, 11) is 0. The number of carbonyl (C=O) groups is 4. The minimum atomic E-state index is -0.766. The highest BCUT2D eigenvalue weighted by Crippen LogP contribution is 2.26. The van der Waals surface area contributed by atoms with Crippen LogP contribution >= 0.6 is 11.6 Å². The van der Waals surface area contributed by atoms with Gasteiger partial charge in [-0.1, -0.05) is 11.6 Å². The summed E-state index contributed by atoms with van der Waals surface area (Å²) in [5.41, 5.74) is 1.00. The highest BCUT2D eigenvalue weighted by Gasteiger charge is 2.37. The SMILES string of the molecule is CC(C)N1C(=O)c2ccc(C(=O)OCC(=O)Nc3ccc(Cl)cc3)cc2C1=O. The molecule has 3 amide bonds. The molecule has 0 unspecified atom stereocenters. The quantitative estimate of drug-likeness (QED) is 0.614. The molecule has 1 heterocycles. The molecule has 2 aromatic carbocycles. The van der Waals surface area contributed by atoms with Gasteiger partial charge in [-0.05, 0) is 56.3 Å². The summed E-state index contributed by atoms with van der Waals surface area (Å²) in [5, 5.41) is 3.10. The number of esters is 1. The summed E-state index contributed by atoms with van der Waals surface area (Å²) in [6.45, 7) is 2.97. The Bertz CT molecular complexity index is 969. The minimum Gasteiger partial charge on any atom is -0.452 e. The van der Waals surface area contributed by atoms with E-state index in [1.807, 2.05) is 0 Å². The van der Waals surface area contributed by atoms with Crippen LogP contribution in [0.1, 0.15) is 44.9 Å². The maximum Gasteiger partial charge on any atom is 0.338 e. The van der Waals surface area contributed by atoms with Crippen molar-refractivity contribution in [3.8, 4) is 0 Å². The zero-order valence-corrected chi connectivity index (χ0v) is 15.9. The highest BCUT2D eigenvalue weighted by molar-refractivity contribution is 6.30. The first-order valence-corrected chi connectivity index (χ1v) is 8.90. The van der Waals surface area contributed by atoms with Crippen molar-refractivity contribution >= 4 is 41.0 Å². The molecule has 0 atom stereocenters. The van der Waals surface area contributed by atoms with Crippen LogP contribution in [0.25, 0.3) is 0 Å². The summed E-state index contributed by atoms with van der Waals surface area (Å²) in [6, 6.07) is 10.3. The topological polar surface area (TPSA) is 92.8 Å². The molecule has 0 bridgehead atoms. The zero-order chi connectivity index (χ0) is 20.4.